The smallest absolute Gasteiger partial charge is 0.126 e. The van der Waals surface area contributed by atoms with Gasteiger partial charge in [0.05, 0.1) is 17.8 Å². The molecule has 0 bridgehead atoms. The lowest BCUT2D eigenvalue weighted by Gasteiger charge is -2.40. The van der Waals surface area contributed by atoms with Crippen LogP contribution in [0.2, 0.25) is 0 Å². The minimum Gasteiger partial charge on any atom is -0.384 e. The number of ether oxygens (including phenoxy) is 1. The number of hydrogen-bond acceptors (Lipinski definition) is 6. The third-order valence-electron chi connectivity index (χ3n) is 4.60. The number of anilines is 1. The molecule has 2 fully saturated rings. The first-order chi connectivity index (χ1) is 9.65. The van der Waals surface area contributed by atoms with Crippen LogP contribution in [0.15, 0.2) is 6.20 Å². The van der Waals surface area contributed by atoms with Gasteiger partial charge in [-0.2, -0.15) is 16.9 Å². The first-order valence-corrected chi connectivity index (χ1v) is 8.26. The predicted octanol–water partition coefficient (Wildman–Crippen LogP) is 0.809. The molecule has 0 radical (unpaired) electrons. The summed E-state index contributed by atoms with van der Waals surface area (Å²) in [6.45, 7) is 0.809. The van der Waals surface area contributed by atoms with Crippen molar-refractivity contribution in [2.45, 2.75) is 30.9 Å². The zero-order chi connectivity index (χ0) is 14.2. The van der Waals surface area contributed by atoms with Crippen LogP contribution in [0.3, 0.4) is 0 Å². The van der Waals surface area contributed by atoms with Crippen LogP contribution in [-0.2, 0) is 11.8 Å². The Balaban J connectivity index is 1.80. The molecule has 3 atom stereocenters. The molecular weight excluding hydrogens is 274 g/mol. The molecule has 2 saturated heterocycles. The summed E-state index contributed by atoms with van der Waals surface area (Å²) in [5, 5.41) is 4.23. The van der Waals surface area contributed by atoms with E-state index >= 15 is 0 Å². The number of aromatic nitrogens is 2. The maximum Gasteiger partial charge on any atom is 0.126 e. The summed E-state index contributed by atoms with van der Waals surface area (Å²) in [5.74, 6) is 9.24. The summed E-state index contributed by atoms with van der Waals surface area (Å²) < 4.78 is 7.78. The maximum atomic E-state index is 6.10. The molecular formula is C13H23N5OS. The molecule has 0 saturated carbocycles. The number of hydrogen-bond donors (Lipinski definition) is 3. The monoisotopic (exact) mass is 297 g/mol. The van der Waals surface area contributed by atoms with Crippen LogP contribution < -0.4 is 17.0 Å². The van der Waals surface area contributed by atoms with Crippen LogP contribution in [-0.4, -0.2) is 33.5 Å². The van der Waals surface area contributed by atoms with Gasteiger partial charge in [0.2, 0.25) is 0 Å². The molecule has 1 aromatic heterocycles. The molecule has 3 unspecified atom stereocenters. The lowest BCUT2D eigenvalue weighted by molar-refractivity contribution is -0.0854. The number of nitrogen functional groups attached to an aromatic ring is 1. The molecule has 1 aromatic rings. The average Bonchev–Trinajstić information content (AvgIpc) is 3.02. The highest BCUT2D eigenvalue weighted by molar-refractivity contribution is 7.99. The molecule has 6 nitrogen and oxygen atoms in total. The third kappa shape index (κ3) is 2.43. The molecule has 0 aliphatic carbocycles. The Kier molecular flexibility index (Phi) is 3.94. The maximum absolute atomic E-state index is 6.10. The molecule has 0 aromatic carbocycles. The van der Waals surface area contributed by atoms with Gasteiger partial charge < -0.3 is 10.5 Å². The molecule has 5 N–H and O–H groups in total. The number of aryl methyl sites for hydroxylation is 1. The van der Waals surface area contributed by atoms with E-state index in [1.165, 1.54) is 5.75 Å². The summed E-state index contributed by atoms with van der Waals surface area (Å²) in [4.78, 5) is 0. The topological polar surface area (TPSA) is 91.1 Å². The number of nitrogens with one attached hydrogen (secondary N) is 1. The van der Waals surface area contributed by atoms with Crippen molar-refractivity contribution in [3.63, 3.8) is 0 Å². The average molecular weight is 297 g/mol. The highest BCUT2D eigenvalue weighted by Gasteiger charge is 2.43. The Labute approximate surface area is 123 Å². The molecule has 0 amide bonds. The Morgan fingerprint density at radius 3 is 3.10 bits per heavy atom. The minimum absolute atomic E-state index is 0.0510. The van der Waals surface area contributed by atoms with Crippen molar-refractivity contribution < 1.29 is 4.74 Å². The first-order valence-electron chi connectivity index (χ1n) is 7.10. The molecule has 2 aliphatic heterocycles. The van der Waals surface area contributed by atoms with Gasteiger partial charge in [0.1, 0.15) is 5.82 Å². The van der Waals surface area contributed by atoms with E-state index in [2.05, 4.69) is 10.5 Å². The van der Waals surface area contributed by atoms with Crippen molar-refractivity contribution in [1.82, 2.24) is 15.2 Å². The number of rotatable bonds is 3. The van der Waals surface area contributed by atoms with Crippen LogP contribution >= 0.6 is 11.8 Å². The second kappa shape index (κ2) is 5.55. The number of hydrazine groups is 1. The first kappa shape index (κ1) is 14.2. The van der Waals surface area contributed by atoms with Gasteiger partial charge in [0, 0.05) is 25.0 Å². The fourth-order valence-corrected chi connectivity index (χ4v) is 4.78. The summed E-state index contributed by atoms with van der Waals surface area (Å²) in [6.07, 6.45) is 5.03. The van der Waals surface area contributed by atoms with Gasteiger partial charge in [-0.3, -0.25) is 16.0 Å². The van der Waals surface area contributed by atoms with E-state index in [0.717, 1.165) is 37.2 Å². The molecule has 3 heterocycles. The van der Waals surface area contributed by atoms with Crippen molar-refractivity contribution in [2.24, 2.45) is 18.8 Å². The predicted molar refractivity (Wildman–Crippen MR) is 81.0 cm³/mol. The molecule has 7 heteroatoms. The standard InChI is InChI=1S/C13H23N5OS/c1-18-12(14)10(7-16-18)11(17-15)9-2-4-19-13(6-9)3-5-20-8-13/h7,9,11,17H,2-6,8,14-15H2,1H3. The number of thioether (sulfide) groups is 1. The van der Waals surface area contributed by atoms with E-state index in [-0.39, 0.29) is 11.6 Å². The zero-order valence-corrected chi connectivity index (χ0v) is 12.7. The molecule has 2 aliphatic rings. The van der Waals surface area contributed by atoms with E-state index in [0.29, 0.717) is 11.7 Å². The van der Waals surface area contributed by atoms with Gasteiger partial charge in [-0.25, -0.2) is 0 Å². The van der Waals surface area contributed by atoms with Gasteiger partial charge >= 0.3 is 0 Å². The van der Waals surface area contributed by atoms with Crippen molar-refractivity contribution in [3.8, 4) is 0 Å². The molecule has 3 rings (SSSR count). The van der Waals surface area contributed by atoms with Gasteiger partial charge in [-0.1, -0.05) is 0 Å². The van der Waals surface area contributed by atoms with Crippen molar-refractivity contribution in [1.29, 1.82) is 0 Å². The van der Waals surface area contributed by atoms with Crippen molar-refractivity contribution in [3.05, 3.63) is 11.8 Å². The van der Waals surface area contributed by atoms with Gasteiger partial charge in [0.15, 0.2) is 0 Å². The lowest BCUT2D eigenvalue weighted by Crippen LogP contribution is -2.45. The number of nitrogens with two attached hydrogens (primary N) is 2. The summed E-state index contributed by atoms with van der Waals surface area (Å²) >= 11 is 1.99. The van der Waals surface area contributed by atoms with Crippen molar-refractivity contribution >= 4 is 17.6 Å². The Morgan fingerprint density at radius 1 is 1.65 bits per heavy atom. The summed E-state index contributed by atoms with van der Waals surface area (Å²) in [5.41, 5.74) is 10.1. The SMILES string of the molecule is Cn1ncc(C(NN)C2CCOC3(CCSC3)C2)c1N. The van der Waals surface area contributed by atoms with Gasteiger partial charge in [-0.15, -0.1) is 0 Å². The summed E-state index contributed by atoms with van der Waals surface area (Å²) in [6, 6.07) is 0.0510. The van der Waals surface area contributed by atoms with E-state index in [1.54, 1.807) is 4.68 Å². The Bertz CT molecular complexity index is 471. The van der Waals surface area contributed by atoms with Crippen LogP contribution in [0.5, 0.6) is 0 Å². The Hall–Kier alpha value is -0.760. The highest BCUT2D eigenvalue weighted by Crippen LogP contribution is 2.44. The normalized spacial score (nSPS) is 31.8. The van der Waals surface area contributed by atoms with Crippen LogP contribution in [0.4, 0.5) is 5.82 Å². The fourth-order valence-electron chi connectivity index (χ4n) is 3.40. The van der Waals surface area contributed by atoms with E-state index in [9.17, 15) is 0 Å². The van der Waals surface area contributed by atoms with Gasteiger partial charge in [0.25, 0.3) is 0 Å². The molecule has 1 spiro atoms. The van der Waals surface area contributed by atoms with E-state index < -0.39 is 0 Å². The zero-order valence-electron chi connectivity index (χ0n) is 11.8. The third-order valence-corrected chi connectivity index (χ3v) is 5.82. The van der Waals surface area contributed by atoms with Crippen LogP contribution in [0.1, 0.15) is 30.9 Å². The second-order valence-electron chi connectivity index (χ2n) is 5.84. The summed E-state index contributed by atoms with van der Waals surface area (Å²) in [7, 11) is 1.85. The highest BCUT2D eigenvalue weighted by atomic mass is 32.2. The largest absolute Gasteiger partial charge is 0.384 e. The van der Waals surface area contributed by atoms with Crippen LogP contribution in [0, 0.1) is 5.92 Å². The fraction of sp³-hybridized carbons (Fsp3) is 0.769. The van der Waals surface area contributed by atoms with E-state index in [1.807, 2.05) is 25.0 Å². The quantitative estimate of drug-likeness (QED) is 0.565. The minimum atomic E-state index is 0.0510. The van der Waals surface area contributed by atoms with Gasteiger partial charge in [-0.05, 0) is 30.9 Å². The second-order valence-corrected chi connectivity index (χ2v) is 6.95. The van der Waals surface area contributed by atoms with Crippen molar-refractivity contribution in [2.75, 3.05) is 23.8 Å². The Morgan fingerprint density at radius 2 is 2.50 bits per heavy atom. The lowest BCUT2D eigenvalue weighted by atomic mass is 9.79. The molecule has 20 heavy (non-hydrogen) atoms. The van der Waals surface area contributed by atoms with E-state index in [4.69, 9.17) is 16.3 Å². The number of nitrogens with zero attached hydrogens (tertiary/aromatic N) is 2. The van der Waals surface area contributed by atoms with Crippen LogP contribution in [0.25, 0.3) is 0 Å². The molecule has 112 valence electrons.